The molecule has 2 aliphatic heterocycles. The van der Waals surface area contributed by atoms with Gasteiger partial charge in [0.2, 0.25) is 0 Å². The molecule has 0 saturated carbocycles. The van der Waals surface area contributed by atoms with E-state index in [1.165, 1.54) is 12.2 Å². The summed E-state index contributed by atoms with van der Waals surface area (Å²) < 4.78 is 0.225. The molecule has 0 bridgehead atoms. The SMILES string of the molecule is CSC1SC(C(=O)/C=C/N(C)C)C(C2CCCS2)C1C#N. The number of carbonyl (C=O) groups is 1. The molecule has 21 heavy (non-hydrogen) atoms. The fraction of sp³-hybridized carbons (Fsp3) is 0.733. The number of carbonyl (C=O) groups excluding carboxylic acids is 1. The van der Waals surface area contributed by atoms with E-state index < -0.39 is 0 Å². The average molecular weight is 343 g/mol. The molecular formula is C15H22N2OS3. The molecule has 2 fully saturated rings. The minimum Gasteiger partial charge on any atom is -0.383 e. The summed E-state index contributed by atoms with van der Waals surface area (Å²) >= 11 is 5.38. The van der Waals surface area contributed by atoms with Gasteiger partial charge < -0.3 is 4.90 Å². The van der Waals surface area contributed by atoms with E-state index in [2.05, 4.69) is 6.07 Å². The number of rotatable bonds is 5. The molecule has 2 rings (SSSR count). The molecule has 5 atom stereocenters. The predicted molar refractivity (Wildman–Crippen MR) is 94.6 cm³/mol. The first kappa shape index (κ1) is 17.1. The fourth-order valence-corrected chi connectivity index (χ4v) is 7.36. The average Bonchev–Trinajstić information content (AvgIpc) is 3.10. The summed E-state index contributed by atoms with van der Waals surface area (Å²) in [6, 6.07) is 2.50. The van der Waals surface area contributed by atoms with E-state index in [1.54, 1.807) is 29.6 Å². The summed E-state index contributed by atoms with van der Waals surface area (Å²) in [5, 5.41) is 10.0. The highest BCUT2D eigenvalue weighted by atomic mass is 32.2. The van der Waals surface area contributed by atoms with Gasteiger partial charge in [0.1, 0.15) is 0 Å². The predicted octanol–water partition coefficient (Wildman–Crippen LogP) is 3.09. The quantitative estimate of drug-likeness (QED) is 0.716. The number of hydrogen-bond acceptors (Lipinski definition) is 6. The maximum atomic E-state index is 12.6. The van der Waals surface area contributed by atoms with E-state index in [-0.39, 0.29) is 27.5 Å². The van der Waals surface area contributed by atoms with E-state index in [4.69, 9.17) is 0 Å². The molecule has 2 aliphatic rings. The first-order chi connectivity index (χ1) is 10.1. The number of nitriles is 1. The summed E-state index contributed by atoms with van der Waals surface area (Å²) in [6.07, 6.45) is 7.91. The van der Waals surface area contributed by atoms with Crippen LogP contribution in [-0.2, 0) is 4.79 Å². The van der Waals surface area contributed by atoms with Crippen molar-refractivity contribution in [1.82, 2.24) is 4.90 Å². The minimum atomic E-state index is -0.0566. The Labute approximate surface area is 140 Å². The normalized spacial score (nSPS) is 36.0. The van der Waals surface area contributed by atoms with Gasteiger partial charge in [-0.3, -0.25) is 4.79 Å². The first-order valence-electron chi connectivity index (χ1n) is 7.16. The second-order valence-electron chi connectivity index (χ2n) is 5.63. The van der Waals surface area contributed by atoms with Gasteiger partial charge in [0.05, 0.1) is 21.8 Å². The van der Waals surface area contributed by atoms with Gasteiger partial charge in [-0.2, -0.15) is 17.0 Å². The van der Waals surface area contributed by atoms with Crippen LogP contribution in [0.2, 0.25) is 0 Å². The zero-order valence-corrected chi connectivity index (χ0v) is 15.1. The highest BCUT2D eigenvalue weighted by molar-refractivity contribution is 8.17. The van der Waals surface area contributed by atoms with Crippen molar-refractivity contribution in [1.29, 1.82) is 5.26 Å². The van der Waals surface area contributed by atoms with E-state index in [0.29, 0.717) is 5.25 Å². The Morgan fingerprint density at radius 1 is 1.48 bits per heavy atom. The van der Waals surface area contributed by atoms with Gasteiger partial charge in [0.15, 0.2) is 5.78 Å². The Hall–Kier alpha value is -0.250. The zero-order valence-electron chi connectivity index (χ0n) is 12.7. The highest BCUT2D eigenvalue weighted by Gasteiger charge is 2.50. The van der Waals surface area contributed by atoms with Crippen molar-refractivity contribution in [2.75, 3.05) is 26.1 Å². The minimum absolute atomic E-state index is 0.0118. The van der Waals surface area contributed by atoms with Gasteiger partial charge in [-0.25, -0.2) is 0 Å². The molecule has 0 aromatic rings. The van der Waals surface area contributed by atoms with Crippen LogP contribution in [0.15, 0.2) is 12.3 Å². The number of thioether (sulfide) groups is 3. The zero-order chi connectivity index (χ0) is 15.4. The molecule has 3 nitrogen and oxygen atoms in total. The molecule has 2 heterocycles. The van der Waals surface area contributed by atoms with Gasteiger partial charge in [-0.1, -0.05) is 0 Å². The summed E-state index contributed by atoms with van der Waals surface area (Å²) in [6.45, 7) is 0. The third-order valence-corrected chi connectivity index (χ3v) is 8.50. The van der Waals surface area contributed by atoms with Gasteiger partial charge in [0, 0.05) is 31.5 Å². The Morgan fingerprint density at radius 2 is 2.24 bits per heavy atom. The lowest BCUT2D eigenvalue weighted by Gasteiger charge is -2.25. The monoisotopic (exact) mass is 342 g/mol. The standard InChI is InChI=1S/C15H22N2OS3/c1-17(2)7-6-11(18)14-13(12-5-4-8-20-12)10(9-16)15(19-3)21-14/h6-7,10,12-15H,4-5,8H2,1-3H3/b7-6+. The molecule has 0 spiro atoms. The van der Waals surface area contributed by atoms with Crippen LogP contribution in [0.1, 0.15) is 12.8 Å². The van der Waals surface area contributed by atoms with Gasteiger partial charge in [-0.05, 0) is 30.9 Å². The van der Waals surface area contributed by atoms with Gasteiger partial charge >= 0.3 is 0 Å². The lowest BCUT2D eigenvalue weighted by molar-refractivity contribution is -0.115. The molecule has 5 unspecified atom stereocenters. The third-order valence-electron chi connectivity index (χ3n) is 3.93. The highest BCUT2D eigenvalue weighted by Crippen LogP contribution is 2.53. The number of allylic oxidation sites excluding steroid dienone is 1. The summed E-state index contributed by atoms with van der Waals surface area (Å²) in [7, 11) is 3.83. The Morgan fingerprint density at radius 3 is 2.76 bits per heavy atom. The number of hydrogen-bond donors (Lipinski definition) is 0. The van der Waals surface area contributed by atoms with Crippen molar-refractivity contribution in [3.63, 3.8) is 0 Å². The lowest BCUT2D eigenvalue weighted by atomic mass is 9.85. The van der Waals surface area contributed by atoms with E-state index in [0.717, 1.165) is 6.42 Å². The van der Waals surface area contributed by atoms with Crippen molar-refractivity contribution >= 4 is 41.1 Å². The summed E-state index contributed by atoms with van der Waals surface area (Å²) in [5.41, 5.74) is 0. The van der Waals surface area contributed by atoms with Gasteiger partial charge in [0.25, 0.3) is 0 Å². The summed E-state index contributed by atoms with van der Waals surface area (Å²) in [5.74, 6) is 1.53. The van der Waals surface area contributed by atoms with Crippen molar-refractivity contribution in [3.8, 4) is 6.07 Å². The first-order valence-corrected chi connectivity index (χ1v) is 10.4. The molecule has 0 aromatic heterocycles. The van der Waals surface area contributed by atoms with Crippen LogP contribution in [0.25, 0.3) is 0 Å². The maximum absolute atomic E-state index is 12.6. The molecule has 2 saturated heterocycles. The van der Waals surface area contributed by atoms with Crippen molar-refractivity contribution in [3.05, 3.63) is 12.3 Å². The Kier molecular flexibility index (Phi) is 6.39. The number of ketones is 1. The molecule has 116 valence electrons. The van der Waals surface area contributed by atoms with Gasteiger partial charge in [-0.15, -0.1) is 23.5 Å². The van der Waals surface area contributed by atoms with E-state index >= 15 is 0 Å². The Bertz CT molecular complexity index is 441. The molecule has 0 N–H and O–H groups in total. The lowest BCUT2D eigenvalue weighted by Crippen LogP contribution is -2.33. The molecule has 0 radical (unpaired) electrons. The second-order valence-corrected chi connectivity index (χ2v) is 9.54. The molecule has 0 aliphatic carbocycles. The molecule has 0 aromatic carbocycles. The van der Waals surface area contributed by atoms with Crippen LogP contribution >= 0.6 is 35.3 Å². The fourth-order valence-electron chi connectivity index (χ4n) is 2.95. The Balaban J connectivity index is 2.20. The topological polar surface area (TPSA) is 44.1 Å². The summed E-state index contributed by atoms with van der Waals surface area (Å²) in [4.78, 5) is 14.5. The van der Waals surface area contributed by atoms with Crippen LogP contribution in [-0.4, -0.2) is 51.9 Å². The number of nitrogens with zero attached hydrogens (tertiary/aromatic N) is 2. The maximum Gasteiger partial charge on any atom is 0.170 e. The van der Waals surface area contributed by atoms with Crippen molar-refractivity contribution in [2.24, 2.45) is 11.8 Å². The van der Waals surface area contributed by atoms with Crippen LogP contribution < -0.4 is 0 Å². The largest absolute Gasteiger partial charge is 0.383 e. The van der Waals surface area contributed by atoms with Crippen molar-refractivity contribution < 1.29 is 4.79 Å². The van der Waals surface area contributed by atoms with Crippen molar-refractivity contribution in [2.45, 2.75) is 27.9 Å². The van der Waals surface area contributed by atoms with Crippen LogP contribution in [0.5, 0.6) is 0 Å². The molecule has 6 heteroatoms. The van der Waals surface area contributed by atoms with Crippen LogP contribution in [0.4, 0.5) is 0 Å². The third kappa shape index (κ3) is 3.94. The van der Waals surface area contributed by atoms with Crippen LogP contribution in [0, 0.1) is 23.2 Å². The second kappa shape index (κ2) is 7.85. The van der Waals surface area contributed by atoms with E-state index in [1.807, 2.05) is 43.2 Å². The molecular weight excluding hydrogens is 320 g/mol. The smallest absolute Gasteiger partial charge is 0.170 e. The van der Waals surface area contributed by atoms with Crippen LogP contribution in [0.3, 0.4) is 0 Å². The molecule has 0 amide bonds. The van der Waals surface area contributed by atoms with E-state index in [9.17, 15) is 10.1 Å².